The van der Waals surface area contributed by atoms with Gasteiger partial charge in [-0.3, -0.25) is 9.29 Å². The molecular formula is C25H22ClF3N2S. The molecule has 0 spiro atoms. The van der Waals surface area contributed by atoms with Gasteiger partial charge in [-0.05, 0) is 59.9 Å². The minimum Gasteiger partial charge on any atom is -0.291 e. The highest BCUT2D eigenvalue weighted by atomic mass is 35.5. The van der Waals surface area contributed by atoms with Crippen LogP contribution in [-0.4, -0.2) is 24.7 Å². The molecule has 1 aromatic heterocycles. The molecule has 166 valence electrons. The van der Waals surface area contributed by atoms with Crippen LogP contribution in [0.15, 0.2) is 54.6 Å². The Morgan fingerprint density at radius 3 is 2.31 bits per heavy atom. The van der Waals surface area contributed by atoms with E-state index in [0.717, 1.165) is 16.5 Å². The van der Waals surface area contributed by atoms with Crippen molar-refractivity contribution in [1.82, 2.24) is 4.90 Å². The number of halogens is 4. The summed E-state index contributed by atoms with van der Waals surface area (Å²) in [5, 5.41) is 9.89. The van der Waals surface area contributed by atoms with E-state index in [0.29, 0.717) is 35.0 Å². The fourth-order valence-electron chi connectivity index (χ4n) is 4.68. The minimum atomic E-state index is -0.947. The van der Waals surface area contributed by atoms with Crippen molar-refractivity contribution in [3.8, 4) is 6.07 Å². The van der Waals surface area contributed by atoms with Gasteiger partial charge in [0.1, 0.15) is 22.6 Å². The molecule has 0 amide bonds. The maximum atomic E-state index is 14.5. The van der Waals surface area contributed by atoms with Crippen LogP contribution in [0.4, 0.5) is 13.2 Å². The summed E-state index contributed by atoms with van der Waals surface area (Å²) < 4.78 is 42.3. The molecule has 2 nitrogen and oxygen atoms in total. The van der Waals surface area contributed by atoms with E-state index in [1.165, 1.54) is 23.5 Å². The lowest BCUT2D eigenvalue weighted by Crippen LogP contribution is -2.58. The van der Waals surface area contributed by atoms with Crippen molar-refractivity contribution in [2.45, 2.75) is 24.8 Å². The molecule has 0 N–H and O–H groups in total. The zero-order chi connectivity index (χ0) is 22.9. The predicted octanol–water partition coefficient (Wildman–Crippen LogP) is 6.89. The monoisotopic (exact) mass is 474 g/mol. The fourth-order valence-corrected chi connectivity index (χ4v) is 5.78. The third-order valence-corrected chi connectivity index (χ3v) is 7.85. The first-order valence-electron chi connectivity index (χ1n) is 10.4. The summed E-state index contributed by atoms with van der Waals surface area (Å²) in [6, 6.07) is 16.7. The average molecular weight is 475 g/mol. The molecule has 1 aliphatic heterocycles. The van der Waals surface area contributed by atoms with E-state index >= 15 is 0 Å². The summed E-state index contributed by atoms with van der Waals surface area (Å²) in [6.45, 7) is 2.32. The number of benzene rings is 2. The summed E-state index contributed by atoms with van der Waals surface area (Å²) in [4.78, 5) is 3.86. The number of thiophene rings is 1. The van der Waals surface area contributed by atoms with Crippen molar-refractivity contribution in [2.75, 3.05) is 19.8 Å². The van der Waals surface area contributed by atoms with Gasteiger partial charge in [-0.1, -0.05) is 30.7 Å². The first kappa shape index (κ1) is 22.8. The van der Waals surface area contributed by atoms with Crippen LogP contribution in [0.3, 0.4) is 0 Å². The standard InChI is InChI=1S/C25H22ClF3N2S/c1-2-25(15-27,17-9-20(28)11-21(29)10-17)18-13-31(14-18)24(16-3-5-19(26)6-4-16)23-8-7-22(12-30)32-23/h3-11,18,24H,2,13-15H2,1H3/t24?,25-/m1/s1. The van der Waals surface area contributed by atoms with E-state index in [1.807, 2.05) is 37.3 Å². The van der Waals surface area contributed by atoms with Crippen LogP contribution in [0.1, 0.15) is 40.3 Å². The van der Waals surface area contributed by atoms with Crippen molar-refractivity contribution < 1.29 is 13.2 Å². The van der Waals surface area contributed by atoms with Crippen molar-refractivity contribution in [3.05, 3.63) is 92.1 Å². The highest BCUT2D eigenvalue weighted by Crippen LogP contribution is 2.46. The molecule has 1 fully saturated rings. The molecule has 1 saturated heterocycles. The maximum Gasteiger partial charge on any atom is 0.126 e. The molecule has 7 heteroatoms. The molecule has 3 aromatic rings. The number of alkyl halides is 1. The molecule has 1 unspecified atom stereocenters. The van der Waals surface area contributed by atoms with Crippen LogP contribution < -0.4 is 0 Å². The summed E-state index contributed by atoms with van der Waals surface area (Å²) in [5.74, 6) is -1.47. The van der Waals surface area contributed by atoms with Crippen LogP contribution in [-0.2, 0) is 5.41 Å². The van der Waals surface area contributed by atoms with Crippen molar-refractivity contribution in [1.29, 1.82) is 5.26 Å². The minimum absolute atomic E-state index is 0.0936. The van der Waals surface area contributed by atoms with E-state index < -0.39 is 23.7 Å². The van der Waals surface area contributed by atoms with Gasteiger partial charge in [0.15, 0.2) is 0 Å². The van der Waals surface area contributed by atoms with Crippen molar-refractivity contribution in [3.63, 3.8) is 0 Å². The molecule has 2 heterocycles. The van der Waals surface area contributed by atoms with Crippen LogP contribution in [0.2, 0.25) is 5.02 Å². The summed E-state index contributed by atoms with van der Waals surface area (Å²) in [7, 11) is 0. The molecule has 2 aromatic carbocycles. The van der Waals surface area contributed by atoms with Gasteiger partial charge in [-0.15, -0.1) is 11.3 Å². The Morgan fingerprint density at radius 2 is 1.78 bits per heavy atom. The molecule has 0 aliphatic carbocycles. The maximum absolute atomic E-state index is 14.5. The molecule has 0 bridgehead atoms. The number of likely N-dealkylation sites (tertiary alicyclic amines) is 1. The predicted molar refractivity (Wildman–Crippen MR) is 122 cm³/mol. The number of hydrogen-bond donors (Lipinski definition) is 0. The zero-order valence-corrected chi connectivity index (χ0v) is 19.1. The van der Waals surface area contributed by atoms with Crippen molar-refractivity contribution in [2.24, 2.45) is 5.92 Å². The van der Waals surface area contributed by atoms with Crippen LogP contribution in [0.5, 0.6) is 0 Å². The van der Waals surface area contributed by atoms with Gasteiger partial charge < -0.3 is 0 Å². The van der Waals surface area contributed by atoms with Gasteiger partial charge >= 0.3 is 0 Å². The van der Waals surface area contributed by atoms with E-state index in [2.05, 4.69) is 11.0 Å². The second-order valence-electron chi connectivity index (χ2n) is 8.22. The van der Waals surface area contributed by atoms with Crippen LogP contribution >= 0.6 is 22.9 Å². The topological polar surface area (TPSA) is 27.0 Å². The van der Waals surface area contributed by atoms with Gasteiger partial charge in [0, 0.05) is 34.5 Å². The molecule has 0 radical (unpaired) electrons. The highest BCUT2D eigenvalue weighted by Gasteiger charge is 2.48. The zero-order valence-electron chi connectivity index (χ0n) is 17.5. The first-order valence-corrected chi connectivity index (χ1v) is 11.6. The summed E-state index contributed by atoms with van der Waals surface area (Å²) >= 11 is 7.50. The molecule has 4 rings (SSSR count). The Bertz CT molecular complexity index is 1110. The highest BCUT2D eigenvalue weighted by molar-refractivity contribution is 7.12. The smallest absolute Gasteiger partial charge is 0.126 e. The van der Waals surface area contributed by atoms with Gasteiger partial charge in [-0.25, -0.2) is 8.78 Å². The Balaban J connectivity index is 1.65. The molecule has 2 atom stereocenters. The van der Waals surface area contributed by atoms with E-state index in [4.69, 9.17) is 11.6 Å². The quantitative estimate of drug-likeness (QED) is 0.373. The van der Waals surface area contributed by atoms with Gasteiger partial charge in [-0.2, -0.15) is 5.26 Å². The lowest BCUT2D eigenvalue weighted by atomic mass is 9.65. The Kier molecular flexibility index (Phi) is 6.62. The number of rotatable bonds is 7. The largest absolute Gasteiger partial charge is 0.291 e. The first-order chi connectivity index (χ1) is 15.4. The second kappa shape index (κ2) is 9.27. The number of hydrogen-bond acceptors (Lipinski definition) is 3. The van der Waals surface area contributed by atoms with E-state index in [9.17, 15) is 18.4 Å². The lowest BCUT2D eigenvalue weighted by Gasteiger charge is -2.52. The third kappa shape index (κ3) is 4.17. The molecule has 1 aliphatic rings. The van der Waals surface area contributed by atoms with Gasteiger partial charge in [0.05, 0.1) is 12.7 Å². The van der Waals surface area contributed by atoms with E-state index in [-0.39, 0.29) is 12.0 Å². The Morgan fingerprint density at radius 1 is 1.12 bits per heavy atom. The normalized spacial score (nSPS) is 17.4. The molecule has 32 heavy (non-hydrogen) atoms. The van der Waals surface area contributed by atoms with Crippen LogP contribution in [0, 0.1) is 28.9 Å². The third-order valence-electron chi connectivity index (χ3n) is 6.56. The van der Waals surface area contributed by atoms with Crippen molar-refractivity contribution >= 4 is 22.9 Å². The van der Waals surface area contributed by atoms with E-state index in [1.54, 1.807) is 6.07 Å². The molecule has 0 saturated carbocycles. The lowest BCUT2D eigenvalue weighted by molar-refractivity contribution is 0.00394. The molecular weight excluding hydrogens is 453 g/mol. The Hall–Kier alpha value is -2.33. The number of nitriles is 1. The van der Waals surface area contributed by atoms with Gasteiger partial charge in [0.2, 0.25) is 0 Å². The van der Waals surface area contributed by atoms with Crippen LogP contribution in [0.25, 0.3) is 0 Å². The Labute approximate surface area is 194 Å². The summed E-state index contributed by atoms with van der Waals surface area (Å²) in [5.41, 5.74) is 0.450. The SMILES string of the molecule is CC[C@@](CF)(c1cc(F)cc(F)c1)C1CN(C(c2ccc(Cl)cc2)c2ccc(C#N)s2)C1. The summed E-state index contributed by atoms with van der Waals surface area (Å²) in [6.07, 6.45) is 0.439. The number of nitrogens with zero attached hydrogens (tertiary/aromatic N) is 2. The average Bonchev–Trinajstić information content (AvgIpc) is 3.22. The van der Waals surface area contributed by atoms with Gasteiger partial charge in [0.25, 0.3) is 0 Å². The second-order valence-corrected chi connectivity index (χ2v) is 9.77. The fraction of sp³-hybridized carbons (Fsp3) is 0.320.